The van der Waals surface area contributed by atoms with Gasteiger partial charge in [-0.25, -0.2) is 4.39 Å². The van der Waals surface area contributed by atoms with Crippen LogP contribution in [-0.2, 0) is 4.79 Å². The third-order valence-electron chi connectivity index (χ3n) is 3.53. The fourth-order valence-corrected chi connectivity index (χ4v) is 2.29. The van der Waals surface area contributed by atoms with E-state index in [0.29, 0.717) is 11.5 Å². The first-order chi connectivity index (χ1) is 10.6. The van der Waals surface area contributed by atoms with Crippen LogP contribution in [0.3, 0.4) is 0 Å². The van der Waals surface area contributed by atoms with Crippen LogP contribution >= 0.6 is 0 Å². The molecule has 0 saturated carbocycles. The monoisotopic (exact) mass is 301 g/mol. The fraction of sp³-hybridized carbons (Fsp3) is 0.235. The maximum absolute atomic E-state index is 12.9. The van der Waals surface area contributed by atoms with Gasteiger partial charge >= 0.3 is 0 Å². The Kier molecular flexibility index (Phi) is 3.96. The maximum Gasteiger partial charge on any atom is 0.265 e. The van der Waals surface area contributed by atoms with E-state index < -0.39 is 6.10 Å². The van der Waals surface area contributed by atoms with E-state index in [1.54, 1.807) is 24.3 Å². The van der Waals surface area contributed by atoms with Gasteiger partial charge in [0.15, 0.2) is 11.5 Å². The van der Waals surface area contributed by atoms with Crippen LogP contribution in [0.4, 0.5) is 4.39 Å². The summed E-state index contributed by atoms with van der Waals surface area (Å²) in [5, 5.41) is 2.85. The average molecular weight is 301 g/mol. The molecule has 0 radical (unpaired) electrons. The van der Waals surface area contributed by atoms with Gasteiger partial charge in [0, 0.05) is 0 Å². The maximum atomic E-state index is 12.9. The topological polar surface area (TPSA) is 47.6 Å². The average Bonchev–Trinajstić information content (AvgIpc) is 2.55. The minimum Gasteiger partial charge on any atom is -0.485 e. The van der Waals surface area contributed by atoms with Gasteiger partial charge in [0.1, 0.15) is 12.4 Å². The van der Waals surface area contributed by atoms with Crippen LogP contribution in [-0.4, -0.2) is 18.6 Å². The van der Waals surface area contributed by atoms with Gasteiger partial charge in [0.05, 0.1) is 6.04 Å². The molecule has 1 heterocycles. The number of carbonyl (C=O) groups excluding carboxylic acids is 1. The minimum atomic E-state index is -0.696. The fourth-order valence-electron chi connectivity index (χ4n) is 2.29. The molecule has 0 fully saturated rings. The minimum absolute atomic E-state index is 0.166. The summed E-state index contributed by atoms with van der Waals surface area (Å²) in [4.78, 5) is 12.3. The molecule has 1 aliphatic rings. The predicted molar refractivity (Wildman–Crippen MR) is 79.3 cm³/mol. The second kappa shape index (κ2) is 6.05. The number of halogens is 1. The lowest BCUT2D eigenvalue weighted by molar-refractivity contribution is -0.131. The first kappa shape index (κ1) is 14.4. The third kappa shape index (κ3) is 3.03. The highest BCUT2D eigenvalue weighted by atomic mass is 19.1. The van der Waals surface area contributed by atoms with Crippen molar-refractivity contribution in [1.29, 1.82) is 0 Å². The lowest BCUT2D eigenvalue weighted by Gasteiger charge is -2.26. The van der Waals surface area contributed by atoms with Crippen LogP contribution < -0.4 is 14.8 Å². The molecule has 1 amide bonds. The Balaban J connectivity index is 1.64. The van der Waals surface area contributed by atoms with Gasteiger partial charge in [-0.15, -0.1) is 0 Å². The summed E-state index contributed by atoms with van der Waals surface area (Å²) in [7, 11) is 0. The molecule has 3 rings (SSSR count). The van der Waals surface area contributed by atoms with E-state index in [0.717, 1.165) is 5.56 Å². The van der Waals surface area contributed by atoms with Crippen molar-refractivity contribution < 1.29 is 18.7 Å². The highest BCUT2D eigenvalue weighted by molar-refractivity contribution is 5.82. The largest absolute Gasteiger partial charge is 0.485 e. The van der Waals surface area contributed by atoms with Crippen molar-refractivity contribution in [2.75, 3.05) is 6.61 Å². The van der Waals surface area contributed by atoms with Crippen LogP contribution in [0.25, 0.3) is 0 Å². The zero-order valence-corrected chi connectivity index (χ0v) is 12.1. The Hall–Kier alpha value is -2.56. The Labute approximate surface area is 127 Å². The number of fused-ring (bicyclic) bond motifs is 1. The SMILES string of the molecule is C[C@@H](NC(=O)[C@H]1COc2ccccc2O1)c1ccc(F)cc1. The van der Waals surface area contributed by atoms with Crippen LogP contribution in [0.15, 0.2) is 48.5 Å². The number of rotatable bonds is 3. The number of para-hydroxylation sites is 2. The molecule has 114 valence electrons. The number of hydrogen-bond donors (Lipinski definition) is 1. The van der Waals surface area contributed by atoms with Crippen molar-refractivity contribution in [3.63, 3.8) is 0 Å². The van der Waals surface area contributed by atoms with E-state index in [1.807, 2.05) is 19.1 Å². The van der Waals surface area contributed by atoms with E-state index in [9.17, 15) is 9.18 Å². The van der Waals surface area contributed by atoms with Gasteiger partial charge in [0.2, 0.25) is 6.10 Å². The Bertz CT molecular complexity index is 672. The lowest BCUT2D eigenvalue weighted by Crippen LogP contribution is -2.44. The second-order valence-electron chi connectivity index (χ2n) is 5.15. The summed E-state index contributed by atoms with van der Waals surface area (Å²) in [6.45, 7) is 2.00. The molecule has 22 heavy (non-hydrogen) atoms. The summed E-state index contributed by atoms with van der Waals surface area (Å²) in [6.07, 6.45) is -0.696. The van der Waals surface area contributed by atoms with Crippen LogP contribution in [0.1, 0.15) is 18.5 Å². The summed E-state index contributed by atoms with van der Waals surface area (Å²) in [5.41, 5.74) is 0.826. The standard InChI is InChI=1S/C17H16FNO3/c1-11(12-6-8-13(18)9-7-12)19-17(20)16-10-21-14-4-2-3-5-15(14)22-16/h2-9,11,16H,10H2,1H3,(H,19,20)/t11-,16-/m1/s1. The Morgan fingerprint density at radius 1 is 1.18 bits per heavy atom. The summed E-state index contributed by atoms with van der Waals surface area (Å²) in [5.74, 6) is 0.635. The molecular weight excluding hydrogens is 285 g/mol. The molecule has 0 spiro atoms. The Morgan fingerprint density at radius 2 is 1.86 bits per heavy atom. The van der Waals surface area contributed by atoms with E-state index in [2.05, 4.69) is 5.32 Å². The second-order valence-corrected chi connectivity index (χ2v) is 5.15. The highest BCUT2D eigenvalue weighted by Gasteiger charge is 2.28. The van der Waals surface area contributed by atoms with Crippen LogP contribution in [0.2, 0.25) is 0 Å². The number of ether oxygens (including phenoxy) is 2. The molecule has 2 aromatic carbocycles. The molecule has 0 aliphatic carbocycles. The molecule has 5 heteroatoms. The quantitative estimate of drug-likeness (QED) is 0.948. The molecule has 0 saturated heterocycles. The normalized spacial score (nSPS) is 17.6. The third-order valence-corrected chi connectivity index (χ3v) is 3.53. The highest BCUT2D eigenvalue weighted by Crippen LogP contribution is 2.31. The first-order valence-electron chi connectivity index (χ1n) is 7.08. The van der Waals surface area contributed by atoms with Gasteiger partial charge in [-0.05, 0) is 36.8 Å². The smallest absolute Gasteiger partial charge is 0.265 e. The Morgan fingerprint density at radius 3 is 2.59 bits per heavy atom. The first-order valence-corrected chi connectivity index (χ1v) is 7.08. The number of hydrogen-bond acceptors (Lipinski definition) is 3. The van der Waals surface area contributed by atoms with E-state index in [-0.39, 0.29) is 24.4 Å². The molecular formula is C17H16FNO3. The summed E-state index contributed by atoms with van der Waals surface area (Å²) < 4.78 is 24.1. The van der Waals surface area contributed by atoms with Crippen molar-refractivity contribution in [3.05, 3.63) is 59.9 Å². The lowest BCUT2D eigenvalue weighted by atomic mass is 10.1. The predicted octanol–water partition coefficient (Wildman–Crippen LogP) is 2.84. The molecule has 2 atom stereocenters. The number of benzene rings is 2. The molecule has 1 N–H and O–H groups in total. The van der Waals surface area contributed by atoms with Crippen molar-refractivity contribution >= 4 is 5.91 Å². The van der Waals surface area contributed by atoms with E-state index in [4.69, 9.17) is 9.47 Å². The number of amides is 1. The molecule has 0 bridgehead atoms. The van der Waals surface area contributed by atoms with E-state index >= 15 is 0 Å². The van der Waals surface area contributed by atoms with Crippen molar-refractivity contribution in [1.82, 2.24) is 5.32 Å². The molecule has 0 aromatic heterocycles. The zero-order chi connectivity index (χ0) is 15.5. The van der Waals surface area contributed by atoms with Gasteiger partial charge < -0.3 is 14.8 Å². The van der Waals surface area contributed by atoms with Gasteiger partial charge in [-0.1, -0.05) is 24.3 Å². The number of carbonyl (C=O) groups is 1. The van der Waals surface area contributed by atoms with Crippen molar-refractivity contribution in [3.8, 4) is 11.5 Å². The van der Waals surface area contributed by atoms with E-state index in [1.165, 1.54) is 12.1 Å². The van der Waals surface area contributed by atoms with Gasteiger partial charge in [-0.3, -0.25) is 4.79 Å². The van der Waals surface area contributed by atoms with Crippen molar-refractivity contribution in [2.24, 2.45) is 0 Å². The molecule has 4 nitrogen and oxygen atoms in total. The molecule has 1 aliphatic heterocycles. The molecule has 0 unspecified atom stereocenters. The van der Waals surface area contributed by atoms with Crippen LogP contribution in [0.5, 0.6) is 11.5 Å². The van der Waals surface area contributed by atoms with Crippen molar-refractivity contribution in [2.45, 2.75) is 19.1 Å². The van der Waals surface area contributed by atoms with Gasteiger partial charge in [0.25, 0.3) is 5.91 Å². The summed E-state index contributed by atoms with van der Waals surface area (Å²) >= 11 is 0. The zero-order valence-electron chi connectivity index (χ0n) is 12.1. The van der Waals surface area contributed by atoms with Crippen LogP contribution in [0, 0.1) is 5.82 Å². The summed E-state index contributed by atoms with van der Waals surface area (Å²) in [6, 6.07) is 13.0. The molecule has 2 aromatic rings. The van der Waals surface area contributed by atoms with Gasteiger partial charge in [-0.2, -0.15) is 0 Å². The number of nitrogens with one attached hydrogen (secondary N) is 1.